The summed E-state index contributed by atoms with van der Waals surface area (Å²) >= 11 is 0. The van der Waals surface area contributed by atoms with Gasteiger partial charge in [0.05, 0.1) is 18.8 Å². The number of rotatable bonds is 49. The van der Waals surface area contributed by atoms with Gasteiger partial charge in [-0.05, 0) is 12.8 Å². The van der Waals surface area contributed by atoms with Crippen LogP contribution < -0.4 is 5.32 Å². The Kier molecular flexibility index (Phi) is 46.8. The predicted octanol–water partition coefficient (Wildman–Crippen LogP) is 14.8. The topological polar surface area (TPSA) is 110 Å². The monoisotopic (exact) mass is 824 g/mol. The molecule has 4 atom stereocenters. The van der Waals surface area contributed by atoms with Crippen LogP contribution in [0.4, 0.5) is 0 Å². The molecular weight excluding hydrogens is 719 g/mol. The third-order valence-corrected chi connectivity index (χ3v) is 12.8. The van der Waals surface area contributed by atoms with E-state index in [2.05, 4.69) is 19.2 Å². The Labute approximate surface area is 362 Å². The summed E-state index contributed by atoms with van der Waals surface area (Å²) in [4.78, 5) is 12.6. The molecule has 5 N–H and O–H groups in total. The predicted molar refractivity (Wildman–Crippen MR) is 252 cm³/mol. The highest BCUT2D eigenvalue weighted by Gasteiger charge is 2.28. The first kappa shape index (κ1) is 57.3. The smallest absolute Gasteiger partial charge is 0.249 e. The van der Waals surface area contributed by atoms with E-state index < -0.39 is 36.9 Å². The maximum atomic E-state index is 12.6. The Bertz CT molecular complexity index is 796. The number of hydrogen-bond acceptors (Lipinski definition) is 5. The fourth-order valence-electron chi connectivity index (χ4n) is 8.64. The van der Waals surface area contributed by atoms with Crippen LogP contribution in [0.5, 0.6) is 0 Å². The fraction of sp³-hybridized carbons (Fsp3) is 0.981. The zero-order valence-corrected chi connectivity index (χ0v) is 39.3. The van der Waals surface area contributed by atoms with Gasteiger partial charge in [-0.2, -0.15) is 0 Å². The van der Waals surface area contributed by atoms with Crippen LogP contribution in [0.25, 0.3) is 0 Å². The molecule has 4 unspecified atom stereocenters. The first-order valence-corrected chi connectivity index (χ1v) is 26.4. The second-order valence-corrected chi connectivity index (χ2v) is 18.6. The van der Waals surface area contributed by atoms with Gasteiger partial charge in [0.15, 0.2) is 0 Å². The minimum Gasteiger partial charge on any atom is -0.394 e. The van der Waals surface area contributed by atoms with Crippen molar-refractivity contribution in [3.8, 4) is 0 Å². The van der Waals surface area contributed by atoms with Gasteiger partial charge >= 0.3 is 0 Å². The summed E-state index contributed by atoms with van der Waals surface area (Å²) in [7, 11) is 0. The molecule has 0 spiro atoms. The Balaban J connectivity index is 3.61. The lowest BCUT2D eigenvalue weighted by Gasteiger charge is -2.27. The van der Waals surface area contributed by atoms with E-state index in [1.54, 1.807) is 0 Å². The van der Waals surface area contributed by atoms with Crippen molar-refractivity contribution in [2.24, 2.45) is 0 Å². The largest absolute Gasteiger partial charge is 0.394 e. The number of carbonyl (C=O) groups is 1. The molecule has 6 nitrogen and oxygen atoms in total. The van der Waals surface area contributed by atoms with Crippen LogP contribution in [0.2, 0.25) is 0 Å². The molecule has 1 amide bonds. The highest BCUT2D eigenvalue weighted by atomic mass is 16.3. The second kappa shape index (κ2) is 47.4. The zero-order valence-electron chi connectivity index (χ0n) is 39.3. The number of hydrogen-bond donors (Lipinski definition) is 5. The highest BCUT2D eigenvalue weighted by Crippen LogP contribution is 2.18. The molecule has 6 heteroatoms. The molecule has 0 bridgehead atoms. The summed E-state index contributed by atoms with van der Waals surface area (Å²) in [5, 5.41) is 43.9. The van der Waals surface area contributed by atoms with E-state index in [0.29, 0.717) is 12.8 Å². The van der Waals surface area contributed by atoms with Gasteiger partial charge in [0.2, 0.25) is 5.91 Å². The molecule has 0 rings (SSSR count). The lowest BCUT2D eigenvalue weighted by Crippen LogP contribution is -2.53. The first-order chi connectivity index (χ1) is 28.5. The normalized spacial score (nSPS) is 13.8. The van der Waals surface area contributed by atoms with Crippen LogP contribution in [0.15, 0.2) is 0 Å². The van der Waals surface area contributed by atoms with Gasteiger partial charge in [0.25, 0.3) is 0 Å². The van der Waals surface area contributed by atoms with Crippen LogP contribution >= 0.6 is 0 Å². The van der Waals surface area contributed by atoms with Crippen LogP contribution in [0.3, 0.4) is 0 Å². The van der Waals surface area contributed by atoms with Gasteiger partial charge < -0.3 is 25.7 Å². The van der Waals surface area contributed by atoms with Crippen LogP contribution in [0, 0.1) is 0 Å². The standard InChI is InChI=1S/C52H105NO5/c1-3-5-7-9-11-13-15-17-19-21-23-24-25-26-28-29-31-33-35-37-39-41-43-45-49(55)51(57)48(47-54)53-52(58)50(56)46-44-42-40-38-36-34-32-30-27-22-20-18-16-14-12-10-8-6-4-2/h48-51,54-57H,3-47H2,1-2H3,(H,53,58). The van der Waals surface area contributed by atoms with Crippen LogP contribution in [-0.2, 0) is 4.79 Å². The second-order valence-electron chi connectivity index (χ2n) is 18.6. The van der Waals surface area contributed by atoms with Gasteiger partial charge in [-0.1, -0.05) is 284 Å². The molecule has 0 aromatic heterocycles. The highest BCUT2D eigenvalue weighted by molar-refractivity contribution is 5.80. The van der Waals surface area contributed by atoms with Crippen molar-refractivity contribution in [1.82, 2.24) is 5.32 Å². The average Bonchev–Trinajstić information content (AvgIpc) is 3.23. The van der Waals surface area contributed by atoms with E-state index in [9.17, 15) is 25.2 Å². The van der Waals surface area contributed by atoms with E-state index in [4.69, 9.17) is 0 Å². The summed E-state index contributed by atoms with van der Waals surface area (Å²) < 4.78 is 0. The van der Waals surface area contributed by atoms with Crippen molar-refractivity contribution < 1.29 is 25.2 Å². The van der Waals surface area contributed by atoms with Crippen molar-refractivity contribution in [3.05, 3.63) is 0 Å². The molecule has 0 aliphatic rings. The molecule has 0 fully saturated rings. The Hall–Kier alpha value is -0.690. The summed E-state index contributed by atoms with van der Waals surface area (Å²) in [6, 6.07) is -0.980. The van der Waals surface area contributed by atoms with E-state index in [1.807, 2.05) is 0 Å². The maximum absolute atomic E-state index is 12.6. The third kappa shape index (κ3) is 40.7. The van der Waals surface area contributed by atoms with Gasteiger partial charge in [0, 0.05) is 0 Å². The van der Waals surface area contributed by atoms with Crippen LogP contribution in [0.1, 0.15) is 296 Å². The molecule has 0 heterocycles. The maximum Gasteiger partial charge on any atom is 0.249 e. The number of carbonyl (C=O) groups excluding carboxylic acids is 1. The molecule has 0 aliphatic carbocycles. The van der Waals surface area contributed by atoms with E-state index in [1.165, 1.54) is 231 Å². The molecule has 0 aliphatic heterocycles. The van der Waals surface area contributed by atoms with Crippen LogP contribution in [-0.4, -0.2) is 57.3 Å². The van der Waals surface area contributed by atoms with Gasteiger partial charge in [-0.25, -0.2) is 0 Å². The molecule has 0 aromatic carbocycles. The number of amides is 1. The summed E-state index contributed by atoms with van der Waals surface area (Å²) in [5.74, 6) is -0.577. The minimum atomic E-state index is -1.25. The molecule has 58 heavy (non-hydrogen) atoms. The number of aliphatic hydroxyl groups excluding tert-OH is 4. The molecule has 0 saturated carbocycles. The lowest BCUT2D eigenvalue weighted by molar-refractivity contribution is -0.132. The first-order valence-electron chi connectivity index (χ1n) is 26.4. The van der Waals surface area contributed by atoms with E-state index in [0.717, 1.165) is 38.5 Å². The SMILES string of the molecule is CCCCCCCCCCCCCCCCCCCCCCCCCC(O)C(O)C(CO)NC(=O)C(O)CCCCCCCCCCCCCCCCCCCCC. The number of unbranched alkanes of at least 4 members (excludes halogenated alkanes) is 40. The van der Waals surface area contributed by atoms with Crippen molar-refractivity contribution in [2.75, 3.05) is 6.61 Å². The minimum absolute atomic E-state index is 0.376. The van der Waals surface area contributed by atoms with Gasteiger partial charge in [0.1, 0.15) is 12.2 Å². The van der Waals surface area contributed by atoms with Crippen molar-refractivity contribution in [3.63, 3.8) is 0 Å². The van der Waals surface area contributed by atoms with E-state index >= 15 is 0 Å². The molecule has 0 radical (unpaired) electrons. The summed E-state index contributed by atoms with van der Waals surface area (Å²) in [6.45, 7) is 4.09. The average molecular weight is 824 g/mol. The van der Waals surface area contributed by atoms with E-state index in [-0.39, 0.29) is 0 Å². The third-order valence-electron chi connectivity index (χ3n) is 12.8. The quantitative estimate of drug-likeness (QED) is 0.0393. The van der Waals surface area contributed by atoms with Crippen molar-refractivity contribution in [1.29, 1.82) is 0 Å². The Morgan fingerprint density at radius 3 is 0.828 bits per heavy atom. The van der Waals surface area contributed by atoms with Gasteiger partial charge in [-0.3, -0.25) is 4.79 Å². The van der Waals surface area contributed by atoms with Crippen molar-refractivity contribution in [2.45, 2.75) is 321 Å². The molecular formula is C52H105NO5. The Morgan fingerprint density at radius 2 is 0.586 bits per heavy atom. The lowest BCUT2D eigenvalue weighted by atomic mass is 9.99. The van der Waals surface area contributed by atoms with Crippen molar-refractivity contribution >= 4 is 5.91 Å². The fourth-order valence-corrected chi connectivity index (χ4v) is 8.64. The zero-order chi connectivity index (χ0) is 42.4. The van der Waals surface area contributed by atoms with Gasteiger partial charge in [-0.15, -0.1) is 0 Å². The Morgan fingerprint density at radius 1 is 0.362 bits per heavy atom. The molecule has 348 valence electrons. The number of aliphatic hydroxyl groups is 4. The summed E-state index contributed by atoms with van der Waals surface area (Å²) in [6.07, 6.45) is 53.0. The summed E-state index contributed by atoms with van der Waals surface area (Å²) in [5.41, 5.74) is 0. The number of nitrogens with one attached hydrogen (secondary N) is 1. The molecule has 0 saturated heterocycles. The molecule has 0 aromatic rings.